The van der Waals surface area contributed by atoms with Crippen molar-refractivity contribution >= 4 is 91.8 Å². The fourth-order valence-corrected chi connectivity index (χ4v) is 6.01. The van der Waals surface area contributed by atoms with Crippen molar-refractivity contribution in [3.05, 3.63) is 125 Å². The highest BCUT2D eigenvalue weighted by Gasteiger charge is 2.35. The Morgan fingerprint density at radius 2 is 1.64 bits per heavy atom. The molecule has 1 saturated heterocycles. The van der Waals surface area contributed by atoms with Crippen molar-refractivity contribution in [2.24, 2.45) is 4.99 Å². The number of hydrogen-bond donors (Lipinski definition) is 0. The molecule has 1 aliphatic rings. The molecule has 0 bridgehead atoms. The lowest BCUT2D eigenvalue weighted by Gasteiger charge is -2.16. The Morgan fingerprint density at radius 3 is 2.26 bits per heavy atom. The molecule has 212 valence electrons. The molecule has 0 aliphatic carbocycles. The molecule has 0 N–H and O–H groups in total. The summed E-state index contributed by atoms with van der Waals surface area (Å²) in [7, 11) is 1.54. The molecule has 0 radical (unpaired) electrons. The number of nitro benzene ring substituents is 1. The summed E-state index contributed by atoms with van der Waals surface area (Å²) < 4.78 is 12.4. The van der Waals surface area contributed by atoms with Gasteiger partial charge in [0.15, 0.2) is 16.7 Å². The number of aliphatic imine (C=N–C) groups is 1. The molecule has 5 rings (SSSR count). The number of anilines is 1. The van der Waals surface area contributed by atoms with Crippen molar-refractivity contribution in [3.8, 4) is 11.5 Å². The second kappa shape index (κ2) is 13.2. The average Bonchev–Trinajstić information content (AvgIpc) is 3.27. The number of hydrogen-bond acceptors (Lipinski definition) is 7. The molecule has 0 unspecified atom stereocenters. The molecule has 1 fully saturated rings. The first-order valence-electron chi connectivity index (χ1n) is 12.3. The minimum absolute atomic E-state index is 0.0126. The van der Waals surface area contributed by atoms with Crippen LogP contribution in [0, 0.1) is 13.7 Å². The molecule has 0 aromatic heterocycles. The van der Waals surface area contributed by atoms with Gasteiger partial charge in [-0.3, -0.25) is 19.8 Å². The minimum Gasteiger partial charge on any atom is -0.493 e. The summed E-state index contributed by atoms with van der Waals surface area (Å²) in [5.74, 6) is 0.773. The largest absolute Gasteiger partial charge is 0.493 e. The maximum absolute atomic E-state index is 13.7. The van der Waals surface area contributed by atoms with Gasteiger partial charge in [-0.2, -0.15) is 0 Å². The molecule has 4 aromatic rings. The predicted octanol–water partition coefficient (Wildman–Crippen LogP) is 8.90. The van der Waals surface area contributed by atoms with Crippen LogP contribution in [0.3, 0.4) is 0 Å². The number of non-ortho nitro benzene ring substituents is 1. The summed E-state index contributed by atoms with van der Waals surface area (Å²) in [5.41, 5.74) is 2.81. The Balaban J connectivity index is 1.44. The van der Waals surface area contributed by atoms with Crippen LogP contribution >= 0.6 is 57.6 Å². The second-order valence-electron chi connectivity index (χ2n) is 8.84. The lowest BCUT2D eigenvalue weighted by atomic mass is 10.1. The van der Waals surface area contributed by atoms with Crippen molar-refractivity contribution in [1.29, 1.82) is 0 Å². The van der Waals surface area contributed by atoms with Gasteiger partial charge in [0, 0.05) is 22.2 Å². The molecule has 12 heteroatoms. The number of halogens is 3. The lowest BCUT2D eigenvalue weighted by molar-refractivity contribution is -0.384. The number of carbonyl (C=O) groups is 1. The number of nitro groups is 1. The van der Waals surface area contributed by atoms with E-state index in [0.29, 0.717) is 43.0 Å². The number of rotatable bonds is 8. The summed E-state index contributed by atoms with van der Waals surface area (Å²) in [4.78, 5) is 30.9. The third kappa shape index (κ3) is 6.89. The quantitative estimate of drug-likeness (QED) is 0.0778. The van der Waals surface area contributed by atoms with Gasteiger partial charge in [0.05, 0.1) is 31.9 Å². The fourth-order valence-electron chi connectivity index (χ4n) is 3.98. The van der Waals surface area contributed by atoms with Crippen LogP contribution in [0.25, 0.3) is 6.08 Å². The summed E-state index contributed by atoms with van der Waals surface area (Å²) in [6, 6.07) is 23.9. The monoisotopic (exact) mass is 731 g/mol. The van der Waals surface area contributed by atoms with Crippen LogP contribution in [0.5, 0.6) is 11.5 Å². The lowest BCUT2D eigenvalue weighted by Crippen LogP contribution is -2.28. The van der Waals surface area contributed by atoms with Crippen molar-refractivity contribution in [2.75, 3.05) is 12.0 Å². The topological polar surface area (TPSA) is 94.3 Å². The van der Waals surface area contributed by atoms with Crippen molar-refractivity contribution in [1.82, 2.24) is 0 Å². The van der Waals surface area contributed by atoms with E-state index < -0.39 is 4.92 Å². The molecule has 0 spiro atoms. The zero-order valence-electron chi connectivity index (χ0n) is 21.8. The number of nitrogens with zero attached hydrogens (tertiary/aromatic N) is 3. The van der Waals surface area contributed by atoms with E-state index >= 15 is 0 Å². The summed E-state index contributed by atoms with van der Waals surface area (Å²) in [6.07, 6.45) is 1.78. The highest BCUT2D eigenvalue weighted by atomic mass is 127. The summed E-state index contributed by atoms with van der Waals surface area (Å²) in [6.45, 7) is 0.194. The maximum atomic E-state index is 13.7. The van der Waals surface area contributed by atoms with Crippen molar-refractivity contribution < 1.29 is 19.2 Å². The Labute approximate surface area is 269 Å². The van der Waals surface area contributed by atoms with Crippen LogP contribution in [0.4, 0.5) is 17.1 Å². The van der Waals surface area contributed by atoms with Gasteiger partial charge in [0.1, 0.15) is 6.61 Å². The van der Waals surface area contributed by atoms with Crippen molar-refractivity contribution in [2.45, 2.75) is 6.61 Å². The minimum atomic E-state index is -0.446. The average molecular weight is 732 g/mol. The van der Waals surface area contributed by atoms with Gasteiger partial charge in [-0.25, -0.2) is 4.99 Å². The van der Waals surface area contributed by atoms with Crippen LogP contribution in [0.15, 0.2) is 94.8 Å². The highest BCUT2D eigenvalue weighted by molar-refractivity contribution is 14.1. The Bertz CT molecular complexity index is 1710. The van der Waals surface area contributed by atoms with Gasteiger partial charge >= 0.3 is 0 Å². The Morgan fingerprint density at radius 1 is 1.00 bits per heavy atom. The number of benzene rings is 4. The van der Waals surface area contributed by atoms with Crippen LogP contribution < -0.4 is 14.4 Å². The third-order valence-electron chi connectivity index (χ3n) is 6.02. The number of amides is 1. The molecule has 42 heavy (non-hydrogen) atoms. The van der Waals surface area contributed by atoms with E-state index in [1.807, 2.05) is 6.07 Å². The molecule has 8 nitrogen and oxygen atoms in total. The van der Waals surface area contributed by atoms with E-state index in [0.717, 1.165) is 14.7 Å². The van der Waals surface area contributed by atoms with Gasteiger partial charge in [0.25, 0.3) is 11.6 Å². The number of carbonyl (C=O) groups excluding carboxylic acids is 1. The molecular formula is C30H20Cl2IN3O5S. The van der Waals surface area contributed by atoms with E-state index in [4.69, 9.17) is 37.7 Å². The first-order valence-corrected chi connectivity index (χ1v) is 14.9. The maximum Gasteiger partial charge on any atom is 0.271 e. The molecule has 4 aromatic carbocycles. The molecular weight excluding hydrogens is 712 g/mol. The van der Waals surface area contributed by atoms with E-state index in [1.54, 1.807) is 77.7 Å². The van der Waals surface area contributed by atoms with E-state index in [2.05, 4.69) is 22.6 Å². The van der Waals surface area contributed by atoms with Crippen LogP contribution in [-0.4, -0.2) is 23.1 Å². The zero-order chi connectivity index (χ0) is 29.8. The number of amidine groups is 1. The van der Waals surface area contributed by atoms with Crippen LogP contribution in [0.1, 0.15) is 11.1 Å². The molecule has 1 aliphatic heterocycles. The Kier molecular flexibility index (Phi) is 9.37. The summed E-state index contributed by atoms with van der Waals surface area (Å²) in [5, 5.41) is 12.6. The number of ether oxygens (including phenoxy) is 2. The van der Waals surface area contributed by atoms with Gasteiger partial charge < -0.3 is 9.47 Å². The SMILES string of the molecule is COc1cc(/C=C2\SC(=Nc3ccc(Cl)cc3)N(c3ccc(Cl)cc3)C2=O)cc(I)c1OCc1ccc([N+](=O)[O-])cc1. The number of thioether (sulfide) groups is 1. The number of methoxy groups -OCH3 is 1. The van der Waals surface area contributed by atoms with Crippen molar-refractivity contribution in [3.63, 3.8) is 0 Å². The first kappa shape index (κ1) is 29.9. The molecule has 0 atom stereocenters. The predicted molar refractivity (Wildman–Crippen MR) is 176 cm³/mol. The Hall–Kier alpha value is -3.58. The van der Waals surface area contributed by atoms with Gasteiger partial charge in [0.2, 0.25) is 0 Å². The first-order chi connectivity index (χ1) is 20.2. The third-order valence-corrected chi connectivity index (χ3v) is 8.30. The molecule has 1 amide bonds. The van der Waals surface area contributed by atoms with Gasteiger partial charge in [-0.05, 0) is 124 Å². The van der Waals surface area contributed by atoms with E-state index in [9.17, 15) is 14.9 Å². The summed E-state index contributed by atoms with van der Waals surface area (Å²) >= 11 is 15.5. The smallest absolute Gasteiger partial charge is 0.271 e. The van der Waals surface area contributed by atoms with Gasteiger partial charge in [-0.15, -0.1) is 0 Å². The normalized spacial score (nSPS) is 15.0. The molecule has 0 saturated carbocycles. The van der Waals surface area contributed by atoms with Crippen LogP contribution in [0.2, 0.25) is 10.0 Å². The molecule has 1 heterocycles. The standard InChI is InChI=1S/C30H20Cl2IN3O5S/c1-40-26-15-19(14-25(33)28(26)41-17-18-2-10-24(11-3-18)36(38)39)16-27-29(37)35(23-12-6-21(32)7-13-23)30(42-27)34-22-8-4-20(31)5-9-22/h2-16H,17H2,1H3/b27-16-,34-30?. The fraction of sp³-hybridized carbons (Fsp3) is 0.0667. The highest BCUT2D eigenvalue weighted by Crippen LogP contribution is 2.40. The van der Waals surface area contributed by atoms with E-state index in [1.165, 1.54) is 31.0 Å². The second-order valence-corrected chi connectivity index (χ2v) is 11.9. The zero-order valence-corrected chi connectivity index (χ0v) is 26.3. The van der Waals surface area contributed by atoms with Crippen LogP contribution in [-0.2, 0) is 11.4 Å². The van der Waals surface area contributed by atoms with E-state index in [-0.39, 0.29) is 18.2 Å². The van der Waals surface area contributed by atoms with Gasteiger partial charge in [-0.1, -0.05) is 23.2 Å².